The van der Waals surface area contributed by atoms with Crippen LogP contribution in [0, 0.1) is 11.8 Å². The average molecular weight is 232 g/mol. The van der Waals surface area contributed by atoms with Crippen LogP contribution in [0.15, 0.2) is 30.3 Å². The van der Waals surface area contributed by atoms with E-state index in [0.29, 0.717) is 11.8 Å². The molecule has 0 amide bonds. The molecule has 3 atom stereocenters. The lowest BCUT2D eigenvalue weighted by Gasteiger charge is -2.42. The minimum Gasteiger partial charge on any atom is -0.393 e. The van der Waals surface area contributed by atoms with Crippen molar-refractivity contribution in [3.8, 4) is 0 Å². The van der Waals surface area contributed by atoms with E-state index in [1.54, 1.807) is 0 Å². The van der Waals surface area contributed by atoms with Gasteiger partial charge in [-0.05, 0) is 35.7 Å². The molecule has 1 aromatic rings. The molecule has 94 valence electrons. The fourth-order valence-corrected chi connectivity index (χ4v) is 3.27. The third-order valence-electron chi connectivity index (χ3n) is 4.52. The van der Waals surface area contributed by atoms with Gasteiger partial charge in [0.15, 0.2) is 0 Å². The molecule has 1 heteroatoms. The fourth-order valence-electron chi connectivity index (χ4n) is 3.27. The highest BCUT2D eigenvalue weighted by atomic mass is 16.3. The smallest absolute Gasteiger partial charge is 0.0579 e. The normalized spacial score (nSPS) is 30.2. The van der Waals surface area contributed by atoms with Crippen LogP contribution in [0.25, 0.3) is 0 Å². The first-order valence-corrected chi connectivity index (χ1v) is 6.75. The molecule has 2 rings (SSSR count). The Balaban J connectivity index is 2.21. The molecule has 1 aliphatic rings. The quantitative estimate of drug-likeness (QED) is 0.823. The summed E-state index contributed by atoms with van der Waals surface area (Å²) in [6, 6.07) is 10.6. The molecular weight excluding hydrogens is 208 g/mol. The predicted molar refractivity (Wildman–Crippen MR) is 72.0 cm³/mol. The second-order valence-electron chi connectivity index (χ2n) is 6.18. The number of hydrogen-bond acceptors (Lipinski definition) is 1. The molecule has 1 saturated carbocycles. The van der Waals surface area contributed by atoms with Crippen molar-refractivity contribution in [2.45, 2.75) is 51.6 Å². The Morgan fingerprint density at radius 1 is 1.12 bits per heavy atom. The van der Waals surface area contributed by atoms with E-state index < -0.39 is 0 Å². The molecule has 1 N–H and O–H groups in total. The van der Waals surface area contributed by atoms with E-state index in [-0.39, 0.29) is 11.5 Å². The van der Waals surface area contributed by atoms with E-state index in [0.717, 1.165) is 12.8 Å². The number of aliphatic hydroxyl groups is 1. The molecule has 1 nitrogen and oxygen atoms in total. The summed E-state index contributed by atoms with van der Waals surface area (Å²) in [6.07, 6.45) is 3.21. The highest BCUT2D eigenvalue weighted by Crippen LogP contribution is 2.42. The number of aliphatic hydroxyl groups excluding tert-OH is 1. The largest absolute Gasteiger partial charge is 0.393 e. The predicted octanol–water partition coefficient (Wildman–Crippen LogP) is 3.76. The van der Waals surface area contributed by atoms with Crippen molar-refractivity contribution < 1.29 is 5.11 Å². The molecule has 0 radical (unpaired) electrons. The summed E-state index contributed by atoms with van der Waals surface area (Å²) in [7, 11) is 0. The fraction of sp³-hybridized carbons (Fsp3) is 0.625. The van der Waals surface area contributed by atoms with Gasteiger partial charge in [0.05, 0.1) is 6.10 Å². The van der Waals surface area contributed by atoms with Crippen molar-refractivity contribution in [3.05, 3.63) is 35.9 Å². The Bertz CT molecular complexity index is 355. The Morgan fingerprint density at radius 3 is 2.35 bits per heavy atom. The summed E-state index contributed by atoms with van der Waals surface area (Å²) in [6.45, 7) is 6.79. The molecule has 1 aromatic carbocycles. The van der Waals surface area contributed by atoms with Crippen LogP contribution in [0.4, 0.5) is 0 Å². The van der Waals surface area contributed by atoms with Crippen molar-refractivity contribution in [1.29, 1.82) is 0 Å². The van der Waals surface area contributed by atoms with Crippen LogP contribution < -0.4 is 0 Å². The number of rotatable bonds is 2. The van der Waals surface area contributed by atoms with E-state index in [4.69, 9.17) is 0 Å². The van der Waals surface area contributed by atoms with Gasteiger partial charge in [0, 0.05) is 0 Å². The van der Waals surface area contributed by atoms with Crippen LogP contribution in [0.5, 0.6) is 0 Å². The van der Waals surface area contributed by atoms with Gasteiger partial charge in [-0.2, -0.15) is 0 Å². The maximum Gasteiger partial charge on any atom is 0.0579 e. The van der Waals surface area contributed by atoms with Crippen molar-refractivity contribution >= 4 is 0 Å². The topological polar surface area (TPSA) is 20.2 Å². The number of benzene rings is 1. The minimum absolute atomic E-state index is 0.0703. The molecule has 0 heterocycles. The van der Waals surface area contributed by atoms with Crippen LogP contribution in [0.3, 0.4) is 0 Å². The van der Waals surface area contributed by atoms with E-state index in [9.17, 15) is 5.11 Å². The van der Waals surface area contributed by atoms with Gasteiger partial charge in [-0.15, -0.1) is 0 Å². The van der Waals surface area contributed by atoms with Gasteiger partial charge >= 0.3 is 0 Å². The summed E-state index contributed by atoms with van der Waals surface area (Å²) in [4.78, 5) is 0. The molecule has 1 fully saturated rings. The highest BCUT2D eigenvalue weighted by Gasteiger charge is 2.38. The summed E-state index contributed by atoms with van der Waals surface area (Å²) in [5.74, 6) is 1.06. The van der Waals surface area contributed by atoms with Crippen LogP contribution in [-0.4, -0.2) is 11.2 Å². The van der Waals surface area contributed by atoms with E-state index in [1.165, 1.54) is 12.0 Å². The maximum atomic E-state index is 10.3. The lowest BCUT2D eigenvalue weighted by atomic mass is 9.64. The van der Waals surface area contributed by atoms with Crippen molar-refractivity contribution in [1.82, 2.24) is 0 Å². The lowest BCUT2D eigenvalue weighted by Crippen LogP contribution is -2.41. The first-order chi connectivity index (χ1) is 8.01. The van der Waals surface area contributed by atoms with Gasteiger partial charge in [-0.3, -0.25) is 0 Å². The van der Waals surface area contributed by atoms with E-state index >= 15 is 0 Å². The van der Waals surface area contributed by atoms with Gasteiger partial charge in [-0.25, -0.2) is 0 Å². The summed E-state index contributed by atoms with van der Waals surface area (Å²) < 4.78 is 0. The summed E-state index contributed by atoms with van der Waals surface area (Å²) >= 11 is 0. The SMILES string of the molecule is CC1CCC(C(C)(C)c2ccccc2)[C@H](O)C1. The van der Waals surface area contributed by atoms with E-state index in [2.05, 4.69) is 51.1 Å². The number of hydrogen-bond donors (Lipinski definition) is 1. The zero-order valence-corrected chi connectivity index (χ0v) is 11.2. The molecule has 0 aliphatic heterocycles. The molecule has 2 unspecified atom stereocenters. The molecule has 0 aromatic heterocycles. The van der Waals surface area contributed by atoms with E-state index in [1.807, 2.05) is 0 Å². The van der Waals surface area contributed by atoms with Crippen LogP contribution in [0.1, 0.15) is 45.6 Å². The van der Waals surface area contributed by atoms with Crippen LogP contribution in [-0.2, 0) is 5.41 Å². The molecule has 1 aliphatic carbocycles. The van der Waals surface area contributed by atoms with Crippen LogP contribution in [0.2, 0.25) is 0 Å². The Kier molecular flexibility index (Phi) is 3.58. The van der Waals surface area contributed by atoms with Gasteiger partial charge in [0.2, 0.25) is 0 Å². The molecule has 0 spiro atoms. The zero-order chi connectivity index (χ0) is 12.5. The van der Waals surface area contributed by atoms with Gasteiger partial charge in [0.1, 0.15) is 0 Å². The average Bonchev–Trinajstić information content (AvgIpc) is 2.29. The summed E-state index contributed by atoms with van der Waals surface area (Å²) in [5, 5.41) is 10.3. The molecular formula is C16H24O. The molecule has 0 saturated heterocycles. The minimum atomic E-state index is -0.144. The van der Waals surface area contributed by atoms with Crippen LogP contribution >= 0.6 is 0 Å². The maximum absolute atomic E-state index is 10.3. The Labute approximate surface area is 105 Å². The lowest BCUT2D eigenvalue weighted by molar-refractivity contribution is 0.0143. The van der Waals surface area contributed by atoms with Crippen molar-refractivity contribution in [2.75, 3.05) is 0 Å². The third-order valence-corrected chi connectivity index (χ3v) is 4.52. The monoisotopic (exact) mass is 232 g/mol. The first kappa shape index (κ1) is 12.6. The second kappa shape index (κ2) is 4.81. The zero-order valence-electron chi connectivity index (χ0n) is 11.2. The Morgan fingerprint density at radius 2 is 1.76 bits per heavy atom. The highest BCUT2D eigenvalue weighted by molar-refractivity contribution is 5.25. The third kappa shape index (κ3) is 2.55. The Hall–Kier alpha value is -0.820. The van der Waals surface area contributed by atoms with Gasteiger partial charge < -0.3 is 5.11 Å². The second-order valence-corrected chi connectivity index (χ2v) is 6.18. The van der Waals surface area contributed by atoms with Crippen molar-refractivity contribution in [3.63, 3.8) is 0 Å². The standard InChI is InChI=1S/C16H24O/c1-12-9-10-14(15(17)11-12)16(2,3)13-7-5-4-6-8-13/h4-8,12,14-15,17H,9-11H2,1-3H3/t12?,14?,15-/m1/s1. The summed E-state index contributed by atoms with van der Waals surface area (Å²) in [5.41, 5.74) is 1.42. The molecule has 0 bridgehead atoms. The van der Waals surface area contributed by atoms with Crippen molar-refractivity contribution in [2.24, 2.45) is 11.8 Å². The molecule has 17 heavy (non-hydrogen) atoms. The van der Waals surface area contributed by atoms with Gasteiger partial charge in [0.25, 0.3) is 0 Å². The van der Waals surface area contributed by atoms with Gasteiger partial charge in [-0.1, -0.05) is 57.5 Å². The first-order valence-electron chi connectivity index (χ1n) is 6.75.